The van der Waals surface area contributed by atoms with Gasteiger partial charge in [0.25, 0.3) is 0 Å². The van der Waals surface area contributed by atoms with Crippen molar-refractivity contribution in [1.82, 2.24) is 15.1 Å². The molecular weight excluding hydrogens is 314 g/mol. The van der Waals surface area contributed by atoms with E-state index in [1.165, 1.54) is 6.92 Å². The van der Waals surface area contributed by atoms with Gasteiger partial charge in [-0.15, -0.1) is 0 Å². The molecular formula is C16H17N3O5. The van der Waals surface area contributed by atoms with E-state index in [9.17, 15) is 24.0 Å². The van der Waals surface area contributed by atoms with Crippen LogP contribution in [0.2, 0.25) is 0 Å². The van der Waals surface area contributed by atoms with E-state index in [0.717, 1.165) is 12.6 Å². The number of imide groups is 2. The molecule has 1 aliphatic rings. The summed E-state index contributed by atoms with van der Waals surface area (Å²) >= 11 is 0. The molecule has 1 aliphatic heterocycles. The van der Waals surface area contributed by atoms with Crippen molar-refractivity contribution >= 4 is 29.5 Å². The lowest BCUT2D eigenvalue weighted by molar-refractivity contribution is -0.143. The highest BCUT2D eigenvalue weighted by Gasteiger charge is 2.43. The average Bonchev–Trinajstić information content (AvgIpc) is 2.73. The Morgan fingerprint density at radius 2 is 1.71 bits per heavy atom. The first-order valence-electron chi connectivity index (χ1n) is 7.28. The highest BCUT2D eigenvalue weighted by Crippen LogP contribution is 2.09. The number of ketones is 1. The number of carbonyl (C=O) groups excluding carboxylic acids is 5. The van der Waals surface area contributed by atoms with Crippen molar-refractivity contribution in [1.29, 1.82) is 0 Å². The van der Waals surface area contributed by atoms with Gasteiger partial charge in [-0.05, 0) is 18.9 Å². The third-order valence-corrected chi connectivity index (χ3v) is 3.66. The van der Waals surface area contributed by atoms with E-state index in [-0.39, 0.29) is 5.78 Å². The van der Waals surface area contributed by atoms with Gasteiger partial charge in [0.2, 0.25) is 5.91 Å². The van der Waals surface area contributed by atoms with Crippen LogP contribution in [0, 0.1) is 0 Å². The monoisotopic (exact) mass is 331 g/mol. The van der Waals surface area contributed by atoms with Crippen LogP contribution in [0.4, 0.5) is 4.79 Å². The van der Waals surface area contributed by atoms with E-state index in [4.69, 9.17) is 0 Å². The molecule has 0 radical (unpaired) electrons. The summed E-state index contributed by atoms with van der Waals surface area (Å²) in [4.78, 5) is 59.8. The average molecular weight is 331 g/mol. The SMILES string of the molecule is CC(=O)[C@H](Cc1ccccc1)NC(=O)CN1C(=O)C(=O)N(C)C1=O. The number of hydrogen-bond acceptors (Lipinski definition) is 5. The molecule has 0 bridgehead atoms. The summed E-state index contributed by atoms with van der Waals surface area (Å²) in [5, 5.41) is 2.50. The summed E-state index contributed by atoms with van der Waals surface area (Å²) in [5.41, 5.74) is 0.862. The van der Waals surface area contributed by atoms with Crippen LogP contribution >= 0.6 is 0 Å². The summed E-state index contributed by atoms with van der Waals surface area (Å²) in [6.45, 7) is 0.740. The highest BCUT2D eigenvalue weighted by atomic mass is 16.2. The van der Waals surface area contributed by atoms with E-state index in [0.29, 0.717) is 16.2 Å². The number of rotatable bonds is 6. The van der Waals surface area contributed by atoms with Gasteiger partial charge in [0.1, 0.15) is 6.54 Å². The number of likely N-dealkylation sites (N-methyl/N-ethyl adjacent to an activating group) is 1. The smallest absolute Gasteiger partial charge is 0.334 e. The van der Waals surface area contributed by atoms with Gasteiger partial charge in [0, 0.05) is 7.05 Å². The van der Waals surface area contributed by atoms with E-state index in [2.05, 4.69) is 5.32 Å². The second-order valence-electron chi connectivity index (χ2n) is 5.46. The molecule has 0 saturated carbocycles. The molecule has 1 aromatic rings. The Labute approximate surface area is 138 Å². The van der Waals surface area contributed by atoms with Gasteiger partial charge in [0.05, 0.1) is 6.04 Å². The minimum atomic E-state index is -1.06. The number of urea groups is 1. The normalized spacial score (nSPS) is 15.7. The quantitative estimate of drug-likeness (QED) is 0.570. The van der Waals surface area contributed by atoms with Crippen LogP contribution in [-0.4, -0.2) is 59.0 Å². The van der Waals surface area contributed by atoms with E-state index < -0.39 is 36.3 Å². The van der Waals surface area contributed by atoms with Crippen molar-refractivity contribution in [2.45, 2.75) is 19.4 Å². The Balaban J connectivity index is 2.01. The first-order valence-corrected chi connectivity index (χ1v) is 7.28. The maximum atomic E-state index is 12.1. The fourth-order valence-corrected chi connectivity index (χ4v) is 2.28. The third kappa shape index (κ3) is 3.65. The molecule has 0 spiro atoms. The van der Waals surface area contributed by atoms with Crippen LogP contribution in [0.3, 0.4) is 0 Å². The lowest BCUT2D eigenvalue weighted by Crippen LogP contribution is -2.47. The Morgan fingerprint density at radius 3 is 2.21 bits per heavy atom. The van der Waals surface area contributed by atoms with Gasteiger partial charge < -0.3 is 5.32 Å². The van der Waals surface area contributed by atoms with Crippen molar-refractivity contribution in [3.8, 4) is 0 Å². The molecule has 8 heteroatoms. The molecule has 1 N–H and O–H groups in total. The van der Waals surface area contributed by atoms with E-state index in [1.54, 1.807) is 0 Å². The van der Waals surface area contributed by atoms with Gasteiger partial charge in [-0.1, -0.05) is 30.3 Å². The van der Waals surface area contributed by atoms with Crippen molar-refractivity contribution in [2.75, 3.05) is 13.6 Å². The van der Waals surface area contributed by atoms with Gasteiger partial charge in [-0.3, -0.25) is 24.1 Å². The molecule has 0 unspecified atom stereocenters. The van der Waals surface area contributed by atoms with Crippen LogP contribution < -0.4 is 5.32 Å². The first-order chi connectivity index (χ1) is 11.3. The molecule has 8 nitrogen and oxygen atoms in total. The number of carbonyl (C=O) groups is 5. The summed E-state index contributed by atoms with van der Waals surface area (Å²) in [5.74, 6) is -2.98. The summed E-state index contributed by atoms with van der Waals surface area (Å²) < 4.78 is 0. The number of Topliss-reactive ketones (excluding diaryl/α,β-unsaturated/α-hetero) is 1. The standard InChI is InChI=1S/C16H17N3O5/c1-10(20)12(8-11-6-4-3-5-7-11)17-13(21)9-19-15(23)14(22)18(2)16(19)24/h3-7,12H,8-9H2,1-2H3,(H,17,21)/t12-/m0/s1. The Bertz CT molecular complexity index is 701. The van der Waals surface area contributed by atoms with Gasteiger partial charge in [-0.25, -0.2) is 9.69 Å². The lowest BCUT2D eigenvalue weighted by atomic mass is 10.0. The number of amides is 5. The number of benzene rings is 1. The Morgan fingerprint density at radius 1 is 1.08 bits per heavy atom. The largest absolute Gasteiger partial charge is 0.344 e. The first kappa shape index (κ1) is 17.3. The zero-order chi connectivity index (χ0) is 17.9. The Kier molecular flexibility index (Phi) is 5.08. The van der Waals surface area contributed by atoms with Crippen LogP contribution in [0.1, 0.15) is 12.5 Å². The molecule has 1 heterocycles. The highest BCUT2D eigenvalue weighted by molar-refractivity contribution is 6.44. The maximum Gasteiger partial charge on any atom is 0.334 e. The van der Waals surface area contributed by atoms with E-state index in [1.807, 2.05) is 30.3 Å². The topological polar surface area (TPSA) is 104 Å². The molecule has 0 aliphatic carbocycles. The maximum absolute atomic E-state index is 12.1. The Hall–Kier alpha value is -3.03. The van der Waals surface area contributed by atoms with Crippen molar-refractivity contribution in [3.63, 3.8) is 0 Å². The van der Waals surface area contributed by atoms with Crippen LogP contribution in [0.15, 0.2) is 30.3 Å². The van der Waals surface area contributed by atoms with Crippen LogP contribution in [0.5, 0.6) is 0 Å². The van der Waals surface area contributed by atoms with Crippen molar-refractivity contribution in [2.24, 2.45) is 0 Å². The molecule has 126 valence electrons. The van der Waals surface area contributed by atoms with Gasteiger partial charge in [-0.2, -0.15) is 0 Å². The zero-order valence-electron chi connectivity index (χ0n) is 13.3. The summed E-state index contributed by atoms with van der Waals surface area (Å²) in [6.07, 6.45) is 0.294. The number of hydrogen-bond donors (Lipinski definition) is 1. The fourth-order valence-electron chi connectivity index (χ4n) is 2.28. The minimum absolute atomic E-state index is 0.250. The third-order valence-electron chi connectivity index (χ3n) is 3.66. The molecule has 1 atom stereocenters. The molecule has 0 aromatic heterocycles. The predicted octanol–water partition coefficient (Wildman–Crippen LogP) is -0.276. The second-order valence-corrected chi connectivity index (χ2v) is 5.46. The number of nitrogens with one attached hydrogen (secondary N) is 1. The summed E-state index contributed by atoms with van der Waals surface area (Å²) in [6, 6.07) is 7.48. The van der Waals surface area contributed by atoms with Gasteiger partial charge in [0.15, 0.2) is 5.78 Å². The molecule has 5 amide bonds. The molecule has 2 rings (SSSR count). The predicted molar refractivity (Wildman–Crippen MR) is 82.6 cm³/mol. The van der Waals surface area contributed by atoms with Crippen LogP contribution in [0.25, 0.3) is 0 Å². The van der Waals surface area contributed by atoms with Crippen molar-refractivity contribution < 1.29 is 24.0 Å². The van der Waals surface area contributed by atoms with Gasteiger partial charge >= 0.3 is 17.8 Å². The lowest BCUT2D eigenvalue weighted by Gasteiger charge is -2.18. The molecule has 1 fully saturated rings. The minimum Gasteiger partial charge on any atom is -0.344 e. The molecule has 1 saturated heterocycles. The van der Waals surface area contributed by atoms with Crippen molar-refractivity contribution in [3.05, 3.63) is 35.9 Å². The zero-order valence-corrected chi connectivity index (χ0v) is 13.3. The second kappa shape index (κ2) is 7.03. The summed E-state index contributed by atoms with van der Waals surface area (Å²) in [7, 11) is 1.16. The fraction of sp³-hybridized carbons (Fsp3) is 0.312. The molecule has 1 aromatic carbocycles. The molecule has 24 heavy (non-hydrogen) atoms. The van der Waals surface area contributed by atoms with Crippen LogP contribution in [-0.2, 0) is 25.6 Å². The van der Waals surface area contributed by atoms with E-state index >= 15 is 0 Å². The number of nitrogens with zero attached hydrogens (tertiary/aromatic N) is 2.